The molecular formula is C16H17BrN2O4. The highest BCUT2D eigenvalue weighted by Gasteiger charge is 2.35. The van der Waals surface area contributed by atoms with E-state index in [9.17, 15) is 14.9 Å². The van der Waals surface area contributed by atoms with Crippen LogP contribution in [0.4, 0.5) is 0 Å². The average Bonchev–Trinajstić information content (AvgIpc) is 3.02. The lowest BCUT2D eigenvalue weighted by Crippen LogP contribution is -2.46. The number of amides is 1. The van der Waals surface area contributed by atoms with E-state index in [1.807, 2.05) is 0 Å². The molecule has 1 aliphatic carbocycles. The van der Waals surface area contributed by atoms with Crippen LogP contribution in [0.1, 0.15) is 36.0 Å². The molecule has 0 aromatic heterocycles. The number of nitriles is 1. The van der Waals surface area contributed by atoms with E-state index in [1.165, 1.54) is 13.2 Å². The number of esters is 1. The first-order valence-electron chi connectivity index (χ1n) is 7.22. The number of benzene rings is 1. The van der Waals surface area contributed by atoms with Crippen LogP contribution in [-0.4, -0.2) is 31.1 Å². The van der Waals surface area contributed by atoms with Crippen LogP contribution in [0, 0.1) is 11.3 Å². The van der Waals surface area contributed by atoms with E-state index >= 15 is 0 Å². The van der Waals surface area contributed by atoms with Gasteiger partial charge < -0.3 is 14.8 Å². The number of halogens is 1. The highest BCUT2D eigenvalue weighted by atomic mass is 79.9. The number of hydrogen-bond acceptors (Lipinski definition) is 5. The Morgan fingerprint density at radius 3 is 2.70 bits per heavy atom. The molecule has 0 saturated heterocycles. The summed E-state index contributed by atoms with van der Waals surface area (Å²) in [6, 6.07) is 7.05. The van der Waals surface area contributed by atoms with Crippen LogP contribution in [0.25, 0.3) is 0 Å². The van der Waals surface area contributed by atoms with Crippen molar-refractivity contribution in [3.8, 4) is 11.8 Å². The second kappa shape index (κ2) is 7.47. The number of hydrogen-bond donors (Lipinski definition) is 1. The largest absolute Gasteiger partial charge is 0.497 e. The van der Waals surface area contributed by atoms with Crippen LogP contribution in [-0.2, 0) is 9.53 Å². The topological polar surface area (TPSA) is 88.4 Å². The molecule has 122 valence electrons. The predicted molar refractivity (Wildman–Crippen MR) is 85.9 cm³/mol. The number of rotatable bonds is 5. The maximum atomic E-state index is 12.1. The fourth-order valence-corrected chi connectivity index (χ4v) is 2.95. The Balaban J connectivity index is 1.94. The third-order valence-corrected chi connectivity index (χ3v) is 4.47. The monoisotopic (exact) mass is 380 g/mol. The van der Waals surface area contributed by atoms with E-state index in [0.717, 1.165) is 12.8 Å². The van der Waals surface area contributed by atoms with Crippen molar-refractivity contribution in [3.05, 3.63) is 28.2 Å². The third-order valence-electron chi connectivity index (χ3n) is 3.78. The van der Waals surface area contributed by atoms with E-state index in [-0.39, 0.29) is 5.56 Å². The smallest absolute Gasteiger partial charge is 0.339 e. The molecule has 7 heteroatoms. The van der Waals surface area contributed by atoms with Gasteiger partial charge in [0.05, 0.1) is 18.7 Å². The fourth-order valence-electron chi connectivity index (χ4n) is 2.54. The molecule has 0 unspecified atom stereocenters. The zero-order valence-electron chi connectivity index (χ0n) is 12.7. The number of ether oxygens (including phenoxy) is 2. The molecule has 23 heavy (non-hydrogen) atoms. The molecule has 1 saturated carbocycles. The molecule has 0 aliphatic heterocycles. The Morgan fingerprint density at radius 1 is 1.39 bits per heavy atom. The first kappa shape index (κ1) is 17.3. The maximum Gasteiger partial charge on any atom is 0.339 e. The van der Waals surface area contributed by atoms with E-state index in [2.05, 4.69) is 27.3 Å². The lowest BCUT2D eigenvalue weighted by Gasteiger charge is -2.21. The number of carbonyl (C=O) groups is 2. The summed E-state index contributed by atoms with van der Waals surface area (Å²) in [5.41, 5.74) is -0.548. The van der Waals surface area contributed by atoms with Gasteiger partial charge in [0.2, 0.25) is 0 Å². The van der Waals surface area contributed by atoms with Crippen molar-refractivity contribution < 1.29 is 19.1 Å². The average molecular weight is 381 g/mol. The molecule has 1 aromatic rings. The van der Waals surface area contributed by atoms with Gasteiger partial charge in [-0.05, 0) is 59.8 Å². The lowest BCUT2D eigenvalue weighted by atomic mass is 10.00. The van der Waals surface area contributed by atoms with Gasteiger partial charge >= 0.3 is 5.97 Å². The SMILES string of the molecule is COc1ccc(Br)c(C(=O)OCC(=O)NC2(C#N)CCCC2)c1. The van der Waals surface area contributed by atoms with Crippen LogP contribution >= 0.6 is 15.9 Å². The number of methoxy groups -OCH3 is 1. The van der Waals surface area contributed by atoms with Gasteiger partial charge in [0, 0.05) is 4.47 Å². The molecule has 1 fully saturated rings. The summed E-state index contributed by atoms with van der Waals surface area (Å²) >= 11 is 3.26. The molecule has 0 atom stereocenters. The van der Waals surface area contributed by atoms with Crippen molar-refractivity contribution in [1.29, 1.82) is 5.26 Å². The highest BCUT2D eigenvalue weighted by Crippen LogP contribution is 2.28. The van der Waals surface area contributed by atoms with Gasteiger partial charge in [-0.25, -0.2) is 4.79 Å². The van der Waals surface area contributed by atoms with Crippen molar-refractivity contribution in [3.63, 3.8) is 0 Å². The number of nitrogens with zero attached hydrogens (tertiary/aromatic N) is 1. The van der Waals surface area contributed by atoms with Gasteiger partial charge in [-0.15, -0.1) is 0 Å². The second-order valence-corrected chi connectivity index (χ2v) is 6.23. The van der Waals surface area contributed by atoms with Gasteiger partial charge in [-0.1, -0.05) is 0 Å². The van der Waals surface area contributed by atoms with Gasteiger partial charge in [0.1, 0.15) is 11.3 Å². The molecular weight excluding hydrogens is 364 g/mol. The Kier molecular flexibility index (Phi) is 5.61. The predicted octanol–water partition coefficient (Wildman–Crippen LogP) is 2.57. The Hall–Kier alpha value is -2.07. The minimum Gasteiger partial charge on any atom is -0.497 e. The molecule has 0 bridgehead atoms. The van der Waals surface area contributed by atoms with Crippen LogP contribution in [0.3, 0.4) is 0 Å². The highest BCUT2D eigenvalue weighted by molar-refractivity contribution is 9.10. The van der Waals surface area contributed by atoms with Crippen LogP contribution < -0.4 is 10.1 Å². The van der Waals surface area contributed by atoms with Crippen molar-refractivity contribution in [2.45, 2.75) is 31.2 Å². The van der Waals surface area contributed by atoms with Gasteiger partial charge in [0.15, 0.2) is 6.61 Å². The molecule has 0 spiro atoms. The van der Waals surface area contributed by atoms with Crippen LogP contribution in [0.15, 0.2) is 22.7 Å². The van der Waals surface area contributed by atoms with E-state index in [1.54, 1.807) is 12.1 Å². The first-order chi connectivity index (χ1) is 11.0. The van der Waals surface area contributed by atoms with E-state index in [0.29, 0.717) is 23.1 Å². The van der Waals surface area contributed by atoms with Crippen molar-refractivity contribution in [2.75, 3.05) is 13.7 Å². The quantitative estimate of drug-likeness (QED) is 0.792. The zero-order chi connectivity index (χ0) is 16.9. The Morgan fingerprint density at radius 2 is 2.09 bits per heavy atom. The molecule has 1 aliphatic rings. The van der Waals surface area contributed by atoms with Crippen molar-refractivity contribution in [1.82, 2.24) is 5.32 Å². The van der Waals surface area contributed by atoms with Crippen molar-refractivity contribution >= 4 is 27.8 Å². The van der Waals surface area contributed by atoms with Crippen LogP contribution in [0.5, 0.6) is 5.75 Å². The molecule has 6 nitrogen and oxygen atoms in total. The van der Waals surface area contributed by atoms with Gasteiger partial charge in [-0.3, -0.25) is 4.79 Å². The van der Waals surface area contributed by atoms with Crippen LogP contribution in [0.2, 0.25) is 0 Å². The summed E-state index contributed by atoms with van der Waals surface area (Å²) in [5, 5.41) is 11.9. The zero-order valence-corrected chi connectivity index (χ0v) is 14.3. The minimum absolute atomic E-state index is 0.271. The number of nitrogens with one attached hydrogen (secondary N) is 1. The molecule has 2 rings (SSSR count). The fraction of sp³-hybridized carbons (Fsp3) is 0.438. The molecule has 1 N–H and O–H groups in total. The molecule has 1 aromatic carbocycles. The standard InChI is InChI=1S/C16H17BrN2O4/c1-22-11-4-5-13(17)12(8-11)15(21)23-9-14(20)19-16(10-18)6-2-3-7-16/h4-5,8H,2-3,6-7,9H2,1H3,(H,19,20). The van der Waals surface area contributed by atoms with Crippen molar-refractivity contribution in [2.24, 2.45) is 0 Å². The summed E-state index contributed by atoms with van der Waals surface area (Å²) in [6.45, 7) is -0.425. The van der Waals surface area contributed by atoms with Gasteiger partial charge in [0.25, 0.3) is 5.91 Å². The summed E-state index contributed by atoms with van der Waals surface area (Å²) in [6.07, 6.45) is 3.07. The molecule has 0 radical (unpaired) electrons. The lowest BCUT2D eigenvalue weighted by molar-refractivity contribution is -0.125. The first-order valence-corrected chi connectivity index (χ1v) is 8.02. The maximum absolute atomic E-state index is 12.1. The molecule has 1 amide bonds. The Bertz CT molecular complexity index is 648. The minimum atomic E-state index is -0.819. The Labute approximate surface area is 142 Å². The second-order valence-electron chi connectivity index (χ2n) is 5.37. The summed E-state index contributed by atoms with van der Waals surface area (Å²) < 4.78 is 10.6. The third kappa shape index (κ3) is 4.23. The summed E-state index contributed by atoms with van der Waals surface area (Å²) in [4.78, 5) is 24.0. The molecule has 0 heterocycles. The van der Waals surface area contributed by atoms with Gasteiger partial charge in [-0.2, -0.15) is 5.26 Å². The normalized spacial score (nSPS) is 15.5. The van der Waals surface area contributed by atoms with E-state index in [4.69, 9.17) is 9.47 Å². The summed E-state index contributed by atoms with van der Waals surface area (Å²) in [5.74, 6) is -0.594. The van der Waals surface area contributed by atoms with E-state index < -0.39 is 24.0 Å². The number of carbonyl (C=O) groups excluding carboxylic acids is 2. The summed E-state index contributed by atoms with van der Waals surface area (Å²) in [7, 11) is 1.49.